The van der Waals surface area contributed by atoms with Gasteiger partial charge in [-0.15, -0.1) is 0 Å². The Balaban J connectivity index is 1.98. The minimum Gasteiger partial charge on any atom is -0.494 e. The number of nitrogens with one attached hydrogen (secondary N) is 1. The molecule has 0 unspecified atom stereocenters. The fourth-order valence-corrected chi connectivity index (χ4v) is 1.79. The molecule has 2 heteroatoms. The normalized spacial score (nSPS) is 10.8. The molecular weight excluding hydrogens is 210 g/mol. The highest BCUT2D eigenvalue weighted by Gasteiger charge is 2.01. The molecule has 0 heterocycles. The number of hydrogen-bond acceptors (Lipinski definition) is 2. The second-order valence-corrected chi connectivity index (χ2v) is 4.40. The second-order valence-electron chi connectivity index (χ2n) is 4.40. The molecule has 96 valence electrons. The van der Waals surface area contributed by atoms with Crippen molar-refractivity contribution in [2.45, 2.75) is 33.1 Å². The van der Waals surface area contributed by atoms with Gasteiger partial charge in [0, 0.05) is 0 Å². The maximum atomic E-state index is 5.63. The zero-order valence-electron chi connectivity index (χ0n) is 11.1. The van der Waals surface area contributed by atoms with Gasteiger partial charge >= 0.3 is 0 Å². The number of benzene rings is 1. The van der Waals surface area contributed by atoms with E-state index >= 15 is 0 Å². The predicted octanol–water partition coefficient (Wildman–Crippen LogP) is 3.48. The number of para-hydroxylation sites is 1. The smallest absolute Gasteiger partial charge is 0.119 e. The van der Waals surface area contributed by atoms with Crippen LogP contribution in [-0.2, 0) is 0 Å². The topological polar surface area (TPSA) is 21.3 Å². The van der Waals surface area contributed by atoms with Crippen molar-refractivity contribution in [3.8, 4) is 5.75 Å². The van der Waals surface area contributed by atoms with Crippen LogP contribution in [0.1, 0.15) is 33.1 Å². The van der Waals surface area contributed by atoms with Crippen molar-refractivity contribution in [1.82, 2.24) is 5.32 Å². The molecule has 2 nitrogen and oxygen atoms in total. The van der Waals surface area contributed by atoms with Crippen LogP contribution in [0.4, 0.5) is 0 Å². The highest BCUT2D eigenvalue weighted by Crippen LogP contribution is 2.08. The molecule has 0 aliphatic rings. The third kappa shape index (κ3) is 6.32. The summed E-state index contributed by atoms with van der Waals surface area (Å²) in [6.07, 6.45) is 3.60. The van der Waals surface area contributed by atoms with Crippen molar-refractivity contribution < 1.29 is 4.74 Å². The van der Waals surface area contributed by atoms with Crippen molar-refractivity contribution >= 4 is 0 Å². The van der Waals surface area contributed by atoms with E-state index in [4.69, 9.17) is 4.74 Å². The Hall–Kier alpha value is -1.02. The Labute approximate surface area is 105 Å². The molecule has 0 spiro atoms. The summed E-state index contributed by atoms with van der Waals surface area (Å²) in [6, 6.07) is 10.0. The first-order valence-electron chi connectivity index (χ1n) is 6.75. The van der Waals surface area contributed by atoms with Gasteiger partial charge in [-0.1, -0.05) is 44.9 Å². The first-order chi connectivity index (χ1) is 8.36. The van der Waals surface area contributed by atoms with E-state index in [0.29, 0.717) is 0 Å². The van der Waals surface area contributed by atoms with Crippen molar-refractivity contribution in [2.75, 3.05) is 19.7 Å². The summed E-state index contributed by atoms with van der Waals surface area (Å²) in [7, 11) is 0. The Morgan fingerprint density at radius 2 is 1.82 bits per heavy atom. The van der Waals surface area contributed by atoms with E-state index in [1.807, 2.05) is 30.3 Å². The molecule has 0 bridgehead atoms. The molecule has 1 aromatic carbocycles. The summed E-state index contributed by atoms with van der Waals surface area (Å²) in [5, 5.41) is 3.49. The summed E-state index contributed by atoms with van der Waals surface area (Å²) in [4.78, 5) is 0. The van der Waals surface area contributed by atoms with Gasteiger partial charge in [-0.3, -0.25) is 0 Å². The highest BCUT2D eigenvalue weighted by atomic mass is 16.5. The minimum atomic E-state index is 0.792. The number of hydrogen-bond donors (Lipinski definition) is 1. The third-order valence-corrected chi connectivity index (χ3v) is 3.10. The molecule has 17 heavy (non-hydrogen) atoms. The van der Waals surface area contributed by atoms with E-state index in [9.17, 15) is 0 Å². The van der Waals surface area contributed by atoms with Crippen LogP contribution < -0.4 is 10.1 Å². The van der Waals surface area contributed by atoms with Gasteiger partial charge < -0.3 is 10.1 Å². The highest BCUT2D eigenvalue weighted by molar-refractivity contribution is 5.20. The standard InChI is InChI=1S/C15H25NO/c1-3-14(4-2)13-16-11-8-12-17-15-9-6-5-7-10-15/h5-7,9-10,14,16H,3-4,8,11-13H2,1-2H3. The lowest BCUT2D eigenvalue weighted by Crippen LogP contribution is -2.24. The van der Waals surface area contributed by atoms with Crippen LogP contribution in [0, 0.1) is 5.92 Å². The molecule has 0 amide bonds. The fourth-order valence-electron chi connectivity index (χ4n) is 1.79. The lowest BCUT2D eigenvalue weighted by atomic mass is 10.0. The number of rotatable bonds is 9. The van der Waals surface area contributed by atoms with Gasteiger partial charge in [0.05, 0.1) is 6.61 Å². The maximum absolute atomic E-state index is 5.63. The van der Waals surface area contributed by atoms with E-state index in [1.165, 1.54) is 12.8 Å². The monoisotopic (exact) mass is 235 g/mol. The quantitative estimate of drug-likeness (QED) is 0.662. The molecule has 0 aromatic heterocycles. The predicted molar refractivity (Wildman–Crippen MR) is 73.5 cm³/mol. The van der Waals surface area contributed by atoms with Gasteiger partial charge in [-0.25, -0.2) is 0 Å². The summed E-state index contributed by atoms with van der Waals surface area (Å²) in [5.41, 5.74) is 0. The molecule has 0 fully saturated rings. The Bertz CT molecular complexity index is 270. The summed E-state index contributed by atoms with van der Waals surface area (Å²) in [5.74, 6) is 1.79. The van der Waals surface area contributed by atoms with Gasteiger partial charge in [0.2, 0.25) is 0 Å². The van der Waals surface area contributed by atoms with Crippen molar-refractivity contribution in [1.29, 1.82) is 0 Å². The largest absolute Gasteiger partial charge is 0.494 e. The molecule has 0 aliphatic heterocycles. The van der Waals surface area contributed by atoms with Crippen LogP contribution in [0.15, 0.2) is 30.3 Å². The first kappa shape index (κ1) is 14.0. The molecular formula is C15H25NO. The van der Waals surface area contributed by atoms with Crippen molar-refractivity contribution in [3.05, 3.63) is 30.3 Å². The van der Waals surface area contributed by atoms with Crippen LogP contribution in [-0.4, -0.2) is 19.7 Å². The van der Waals surface area contributed by atoms with Crippen LogP contribution in [0.5, 0.6) is 5.75 Å². The molecule has 0 atom stereocenters. The zero-order chi connectivity index (χ0) is 12.3. The Morgan fingerprint density at radius 3 is 2.47 bits per heavy atom. The lowest BCUT2D eigenvalue weighted by molar-refractivity contribution is 0.305. The Kier molecular flexibility index (Phi) is 7.48. The second kappa shape index (κ2) is 9.06. The molecule has 0 aliphatic carbocycles. The van der Waals surface area contributed by atoms with E-state index in [-0.39, 0.29) is 0 Å². The van der Waals surface area contributed by atoms with Crippen molar-refractivity contribution in [3.63, 3.8) is 0 Å². The molecule has 0 saturated carbocycles. The Morgan fingerprint density at radius 1 is 1.12 bits per heavy atom. The zero-order valence-corrected chi connectivity index (χ0v) is 11.1. The van der Waals surface area contributed by atoms with E-state index in [1.54, 1.807) is 0 Å². The average molecular weight is 235 g/mol. The van der Waals surface area contributed by atoms with E-state index in [0.717, 1.165) is 37.8 Å². The van der Waals surface area contributed by atoms with Gasteiger partial charge in [0.15, 0.2) is 0 Å². The summed E-state index contributed by atoms with van der Waals surface area (Å²) >= 11 is 0. The molecule has 1 aromatic rings. The van der Waals surface area contributed by atoms with Gasteiger partial charge in [0.25, 0.3) is 0 Å². The first-order valence-corrected chi connectivity index (χ1v) is 6.75. The summed E-state index contributed by atoms with van der Waals surface area (Å²) in [6.45, 7) is 7.49. The minimum absolute atomic E-state index is 0.792. The van der Waals surface area contributed by atoms with E-state index < -0.39 is 0 Å². The van der Waals surface area contributed by atoms with Gasteiger partial charge in [-0.05, 0) is 37.6 Å². The molecule has 1 rings (SSSR count). The molecule has 0 radical (unpaired) electrons. The van der Waals surface area contributed by atoms with Crippen molar-refractivity contribution in [2.24, 2.45) is 5.92 Å². The maximum Gasteiger partial charge on any atom is 0.119 e. The van der Waals surface area contributed by atoms with Crippen LogP contribution >= 0.6 is 0 Å². The van der Waals surface area contributed by atoms with Crippen LogP contribution in [0.3, 0.4) is 0 Å². The van der Waals surface area contributed by atoms with Gasteiger partial charge in [0.1, 0.15) is 5.75 Å². The number of ether oxygens (including phenoxy) is 1. The fraction of sp³-hybridized carbons (Fsp3) is 0.600. The molecule has 0 saturated heterocycles. The lowest BCUT2D eigenvalue weighted by Gasteiger charge is -2.13. The van der Waals surface area contributed by atoms with E-state index in [2.05, 4.69) is 19.2 Å². The SMILES string of the molecule is CCC(CC)CNCCCOc1ccccc1. The van der Waals surface area contributed by atoms with Crippen LogP contribution in [0.25, 0.3) is 0 Å². The van der Waals surface area contributed by atoms with Crippen LogP contribution in [0.2, 0.25) is 0 Å². The average Bonchev–Trinajstić information content (AvgIpc) is 2.39. The third-order valence-electron chi connectivity index (χ3n) is 3.10. The molecule has 1 N–H and O–H groups in total. The van der Waals surface area contributed by atoms with Gasteiger partial charge in [-0.2, -0.15) is 0 Å². The summed E-state index contributed by atoms with van der Waals surface area (Å²) < 4.78 is 5.63.